The van der Waals surface area contributed by atoms with Crippen LogP contribution in [0.3, 0.4) is 0 Å². The molecule has 20 heavy (non-hydrogen) atoms. The van der Waals surface area contributed by atoms with E-state index in [0.717, 1.165) is 5.56 Å². The van der Waals surface area contributed by atoms with E-state index in [1.165, 1.54) is 0 Å². The molecule has 5 nitrogen and oxygen atoms in total. The Kier molecular flexibility index (Phi) is 5.00. The monoisotopic (exact) mass is 284 g/mol. The third kappa shape index (κ3) is 4.58. The molecule has 0 aliphatic carbocycles. The Labute approximate surface area is 114 Å². The summed E-state index contributed by atoms with van der Waals surface area (Å²) in [5.41, 5.74) is 0.842. The Morgan fingerprint density at radius 2 is 2.20 bits per heavy atom. The van der Waals surface area contributed by atoms with Crippen LogP contribution in [0.25, 0.3) is 0 Å². The number of nitrogens with zero attached hydrogens (tertiary/aromatic N) is 2. The molecule has 0 atom stereocenters. The largest absolute Gasteiger partial charge is 0.508 e. The van der Waals surface area contributed by atoms with Crippen LogP contribution in [0.5, 0.6) is 5.75 Å². The molecule has 1 aromatic carbocycles. The molecule has 1 N–H and O–H groups in total. The van der Waals surface area contributed by atoms with E-state index < -0.39 is 13.0 Å². The second kappa shape index (κ2) is 6.95. The fourth-order valence-electron chi connectivity index (χ4n) is 1.64. The van der Waals surface area contributed by atoms with Gasteiger partial charge in [0, 0.05) is 6.42 Å². The Morgan fingerprint density at radius 1 is 1.35 bits per heavy atom. The van der Waals surface area contributed by atoms with Crippen LogP contribution in [0.1, 0.15) is 17.3 Å². The first kappa shape index (κ1) is 14.4. The number of hydrogen-bond acceptors (Lipinski definition) is 5. The molecule has 108 valence electrons. The maximum atomic E-state index is 11.8. The maximum Gasteiger partial charge on any atom is 0.261 e. The summed E-state index contributed by atoms with van der Waals surface area (Å²) < 4.78 is 33.5. The first-order chi connectivity index (χ1) is 9.63. The zero-order valence-corrected chi connectivity index (χ0v) is 10.6. The third-order valence-electron chi connectivity index (χ3n) is 2.49. The van der Waals surface area contributed by atoms with Gasteiger partial charge in [0.2, 0.25) is 5.89 Å². The molecular formula is C13H14F2N2O3. The second-order valence-electron chi connectivity index (χ2n) is 4.17. The lowest BCUT2D eigenvalue weighted by Crippen LogP contribution is -2.07. The molecule has 0 aliphatic rings. The molecule has 0 saturated heterocycles. The van der Waals surface area contributed by atoms with Crippen LogP contribution in [0.15, 0.2) is 28.8 Å². The Bertz CT molecular complexity index is 546. The highest BCUT2D eigenvalue weighted by Gasteiger charge is 2.08. The molecule has 0 radical (unpaired) electrons. The number of phenolic OH excluding ortho intramolecular Hbond substituents is 1. The molecule has 0 saturated carbocycles. The number of ether oxygens (including phenoxy) is 1. The molecule has 2 aromatic rings. The Morgan fingerprint density at radius 3 is 2.95 bits per heavy atom. The van der Waals surface area contributed by atoms with E-state index in [-0.39, 0.29) is 12.4 Å². The van der Waals surface area contributed by atoms with Crippen LogP contribution in [0, 0.1) is 0 Å². The van der Waals surface area contributed by atoms with E-state index in [1.807, 2.05) is 6.07 Å². The lowest BCUT2D eigenvalue weighted by atomic mass is 10.1. The number of rotatable bonds is 7. The van der Waals surface area contributed by atoms with Crippen molar-refractivity contribution >= 4 is 0 Å². The van der Waals surface area contributed by atoms with E-state index in [4.69, 9.17) is 9.26 Å². The van der Waals surface area contributed by atoms with Crippen LogP contribution >= 0.6 is 0 Å². The van der Waals surface area contributed by atoms with Gasteiger partial charge in [-0.2, -0.15) is 4.98 Å². The fraction of sp³-hybridized carbons (Fsp3) is 0.385. The van der Waals surface area contributed by atoms with Gasteiger partial charge in [0.15, 0.2) is 5.82 Å². The molecule has 0 amide bonds. The SMILES string of the molecule is Oc1cccc(Cc2nc(CCOCC(F)F)no2)c1. The summed E-state index contributed by atoms with van der Waals surface area (Å²) in [6.45, 7) is -0.469. The van der Waals surface area contributed by atoms with Gasteiger partial charge in [-0.05, 0) is 17.7 Å². The van der Waals surface area contributed by atoms with E-state index in [2.05, 4.69) is 10.1 Å². The van der Waals surface area contributed by atoms with Crippen molar-refractivity contribution in [3.8, 4) is 5.75 Å². The van der Waals surface area contributed by atoms with Crippen molar-refractivity contribution in [3.05, 3.63) is 41.5 Å². The third-order valence-corrected chi connectivity index (χ3v) is 2.49. The number of halogens is 2. The van der Waals surface area contributed by atoms with Crippen molar-refractivity contribution in [2.45, 2.75) is 19.3 Å². The molecule has 7 heteroatoms. The quantitative estimate of drug-likeness (QED) is 0.789. The normalized spacial score (nSPS) is 11.2. The van der Waals surface area contributed by atoms with Crippen molar-refractivity contribution in [1.29, 1.82) is 0 Å². The molecule has 0 bridgehead atoms. The molecular weight excluding hydrogens is 270 g/mol. The van der Waals surface area contributed by atoms with Crippen LogP contribution in [-0.2, 0) is 17.6 Å². The summed E-state index contributed by atoms with van der Waals surface area (Å²) in [7, 11) is 0. The summed E-state index contributed by atoms with van der Waals surface area (Å²) in [5, 5.41) is 13.1. The van der Waals surface area contributed by atoms with Crippen molar-refractivity contribution in [2.75, 3.05) is 13.2 Å². The highest BCUT2D eigenvalue weighted by atomic mass is 19.3. The van der Waals surface area contributed by atoms with Crippen molar-refractivity contribution in [3.63, 3.8) is 0 Å². The molecule has 2 rings (SSSR count). The van der Waals surface area contributed by atoms with Crippen LogP contribution in [-0.4, -0.2) is 34.9 Å². The van der Waals surface area contributed by atoms with Crippen molar-refractivity contribution in [2.24, 2.45) is 0 Å². The minimum Gasteiger partial charge on any atom is -0.508 e. The van der Waals surface area contributed by atoms with Gasteiger partial charge in [-0.15, -0.1) is 0 Å². The van der Waals surface area contributed by atoms with Crippen molar-refractivity contribution < 1.29 is 23.1 Å². The van der Waals surface area contributed by atoms with E-state index in [1.54, 1.807) is 18.2 Å². The van der Waals surface area contributed by atoms with Gasteiger partial charge in [-0.25, -0.2) is 8.78 Å². The zero-order chi connectivity index (χ0) is 14.4. The second-order valence-corrected chi connectivity index (χ2v) is 4.17. The molecule has 0 spiro atoms. The van der Waals surface area contributed by atoms with Gasteiger partial charge >= 0.3 is 0 Å². The maximum absolute atomic E-state index is 11.8. The summed E-state index contributed by atoms with van der Waals surface area (Å²) >= 11 is 0. The average molecular weight is 284 g/mol. The van der Waals surface area contributed by atoms with Crippen molar-refractivity contribution in [1.82, 2.24) is 10.1 Å². The minimum atomic E-state index is -2.47. The molecule has 0 unspecified atom stereocenters. The van der Waals surface area contributed by atoms with Gasteiger partial charge in [-0.1, -0.05) is 17.3 Å². The standard InChI is InChI=1S/C13H14F2N2O3/c14-11(15)8-19-5-4-12-16-13(20-17-12)7-9-2-1-3-10(18)6-9/h1-3,6,11,18H,4-5,7-8H2. The average Bonchev–Trinajstić information content (AvgIpc) is 2.82. The van der Waals surface area contributed by atoms with Crippen LogP contribution in [0.4, 0.5) is 8.78 Å². The summed E-state index contributed by atoms with van der Waals surface area (Å²) in [4.78, 5) is 4.12. The minimum absolute atomic E-state index is 0.120. The number of aromatic hydroxyl groups is 1. The number of aromatic nitrogens is 2. The molecule has 0 aliphatic heterocycles. The summed E-state index contributed by atoms with van der Waals surface area (Å²) in [6.07, 6.45) is -1.75. The highest BCUT2D eigenvalue weighted by Crippen LogP contribution is 2.14. The molecule has 1 aromatic heterocycles. The highest BCUT2D eigenvalue weighted by molar-refractivity contribution is 5.28. The molecule has 0 fully saturated rings. The number of alkyl halides is 2. The number of benzene rings is 1. The van der Waals surface area contributed by atoms with Gasteiger partial charge < -0.3 is 14.4 Å². The number of phenols is 1. The lowest BCUT2D eigenvalue weighted by molar-refractivity contribution is 0.0182. The Balaban J connectivity index is 1.83. The topological polar surface area (TPSA) is 68.4 Å². The summed E-state index contributed by atoms with van der Waals surface area (Å²) in [5.74, 6) is 0.983. The lowest BCUT2D eigenvalue weighted by Gasteiger charge is -1.99. The molecule has 1 heterocycles. The predicted octanol–water partition coefficient (Wildman–Crippen LogP) is 2.19. The first-order valence-electron chi connectivity index (χ1n) is 6.09. The smallest absolute Gasteiger partial charge is 0.261 e. The van der Waals surface area contributed by atoms with Gasteiger partial charge in [0.05, 0.1) is 13.0 Å². The zero-order valence-electron chi connectivity index (χ0n) is 10.6. The number of hydrogen-bond donors (Lipinski definition) is 1. The van der Waals surface area contributed by atoms with E-state index in [0.29, 0.717) is 24.6 Å². The van der Waals surface area contributed by atoms with Crippen LogP contribution < -0.4 is 0 Å². The van der Waals surface area contributed by atoms with Crippen LogP contribution in [0.2, 0.25) is 0 Å². The van der Waals surface area contributed by atoms with Gasteiger partial charge in [0.25, 0.3) is 6.43 Å². The Hall–Kier alpha value is -2.02. The predicted molar refractivity (Wildman–Crippen MR) is 65.7 cm³/mol. The van der Waals surface area contributed by atoms with E-state index >= 15 is 0 Å². The van der Waals surface area contributed by atoms with Gasteiger partial charge in [0.1, 0.15) is 12.4 Å². The summed E-state index contributed by atoms with van der Waals surface area (Å²) in [6, 6.07) is 6.73. The fourth-order valence-corrected chi connectivity index (χ4v) is 1.64. The van der Waals surface area contributed by atoms with E-state index in [9.17, 15) is 13.9 Å². The van der Waals surface area contributed by atoms with Gasteiger partial charge in [-0.3, -0.25) is 0 Å². The first-order valence-corrected chi connectivity index (χ1v) is 6.09.